The normalized spacial score (nSPS) is 11.0. The van der Waals surface area contributed by atoms with Crippen LogP contribution in [-0.2, 0) is 6.54 Å². The minimum absolute atomic E-state index is 0.192. The Labute approximate surface area is 77.8 Å². The van der Waals surface area contributed by atoms with Crippen molar-refractivity contribution in [2.45, 2.75) is 6.54 Å². The first kappa shape index (κ1) is 10.0. The average Bonchev–Trinajstić information content (AvgIpc) is 2.49. The molecule has 74 valence electrons. The molecule has 1 rings (SSSR count). The number of aromatic nitrogens is 2. The van der Waals surface area contributed by atoms with Crippen LogP contribution in [0.3, 0.4) is 0 Å². The number of anilines is 1. The van der Waals surface area contributed by atoms with Crippen LogP contribution in [0.25, 0.3) is 0 Å². The van der Waals surface area contributed by atoms with Gasteiger partial charge in [-0.3, -0.25) is 4.68 Å². The minimum atomic E-state index is 0.192. The SMILES string of the molecule is CN(CCO)CCn1cc(N)cn1. The lowest BCUT2D eigenvalue weighted by Crippen LogP contribution is -2.26. The summed E-state index contributed by atoms with van der Waals surface area (Å²) in [6.07, 6.45) is 3.43. The number of nitrogens with two attached hydrogens (primary N) is 1. The van der Waals surface area contributed by atoms with Crippen molar-refractivity contribution in [1.82, 2.24) is 14.7 Å². The van der Waals surface area contributed by atoms with Gasteiger partial charge in [-0.15, -0.1) is 0 Å². The Hall–Kier alpha value is -1.07. The Bertz CT molecular complexity index is 248. The van der Waals surface area contributed by atoms with Crippen molar-refractivity contribution in [2.75, 3.05) is 32.5 Å². The number of hydrogen-bond donors (Lipinski definition) is 2. The molecule has 13 heavy (non-hydrogen) atoms. The zero-order valence-electron chi connectivity index (χ0n) is 7.85. The highest BCUT2D eigenvalue weighted by Gasteiger charge is 1.98. The van der Waals surface area contributed by atoms with E-state index >= 15 is 0 Å². The molecule has 0 radical (unpaired) electrons. The van der Waals surface area contributed by atoms with Crippen LogP contribution in [0.2, 0.25) is 0 Å². The number of hydrogen-bond acceptors (Lipinski definition) is 4. The van der Waals surface area contributed by atoms with Crippen LogP contribution in [0.4, 0.5) is 5.69 Å². The van der Waals surface area contributed by atoms with E-state index in [4.69, 9.17) is 10.8 Å². The molecule has 0 aliphatic rings. The van der Waals surface area contributed by atoms with Gasteiger partial charge in [-0.1, -0.05) is 0 Å². The molecule has 0 aliphatic heterocycles. The summed E-state index contributed by atoms with van der Waals surface area (Å²) >= 11 is 0. The van der Waals surface area contributed by atoms with Gasteiger partial charge >= 0.3 is 0 Å². The van der Waals surface area contributed by atoms with Crippen LogP contribution in [0.5, 0.6) is 0 Å². The second kappa shape index (κ2) is 4.84. The van der Waals surface area contributed by atoms with E-state index in [9.17, 15) is 0 Å². The van der Waals surface area contributed by atoms with E-state index in [1.807, 2.05) is 11.9 Å². The highest BCUT2D eigenvalue weighted by molar-refractivity contribution is 5.30. The fourth-order valence-corrected chi connectivity index (χ4v) is 1.06. The maximum Gasteiger partial charge on any atom is 0.0719 e. The van der Waals surface area contributed by atoms with Gasteiger partial charge in [0.2, 0.25) is 0 Å². The Morgan fingerprint density at radius 1 is 1.62 bits per heavy atom. The third kappa shape index (κ3) is 3.43. The van der Waals surface area contributed by atoms with Gasteiger partial charge in [0, 0.05) is 19.3 Å². The van der Waals surface area contributed by atoms with E-state index in [0.29, 0.717) is 12.2 Å². The predicted octanol–water partition coefficient (Wildman–Crippen LogP) is -0.611. The topological polar surface area (TPSA) is 67.3 Å². The van der Waals surface area contributed by atoms with Crippen molar-refractivity contribution in [3.05, 3.63) is 12.4 Å². The first-order chi connectivity index (χ1) is 6.22. The van der Waals surface area contributed by atoms with Gasteiger partial charge in [0.1, 0.15) is 0 Å². The zero-order chi connectivity index (χ0) is 9.68. The van der Waals surface area contributed by atoms with E-state index in [-0.39, 0.29) is 6.61 Å². The Morgan fingerprint density at radius 3 is 2.92 bits per heavy atom. The van der Waals surface area contributed by atoms with E-state index in [0.717, 1.165) is 13.1 Å². The number of rotatable bonds is 5. The molecule has 0 aliphatic carbocycles. The fourth-order valence-electron chi connectivity index (χ4n) is 1.06. The molecule has 0 fully saturated rings. The smallest absolute Gasteiger partial charge is 0.0719 e. The molecule has 0 amide bonds. The van der Waals surface area contributed by atoms with Gasteiger partial charge in [0.15, 0.2) is 0 Å². The maximum atomic E-state index is 8.65. The molecule has 1 heterocycles. The number of nitrogen functional groups attached to an aromatic ring is 1. The molecular weight excluding hydrogens is 168 g/mol. The summed E-state index contributed by atoms with van der Waals surface area (Å²) < 4.78 is 1.79. The highest BCUT2D eigenvalue weighted by Crippen LogP contribution is 1.97. The lowest BCUT2D eigenvalue weighted by atomic mass is 10.5. The van der Waals surface area contributed by atoms with Crippen LogP contribution in [0, 0.1) is 0 Å². The van der Waals surface area contributed by atoms with Crippen LogP contribution >= 0.6 is 0 Å². The van der Waals surface area contributed by atoms with E-state index < -0.39 is 0 Å². The summed E-state index contributed by atoms with van der Waals surface area (Å²) in [6, 6.07) is 0. The Kier molecular flexibility index (Phi) is 3.72. The molecule has 0 unspecified atom stereocenters. The lowest BCUT2D eigenvalue weighted by Gasteiger charge is -2.14. The van der Waals surface area contributed by atoms with Crippen LogP contribution in [-0.4, -0.2) is 46.5 Å². The molecule has 0 spiro atoms. The number of aliphatic hydroxyl groups is 1. The Morgan fingerprint density at radius 2 is 2.38 bits per heavy atom. The third-order valence-electron chi connectivity index (χ3n) is 1.85. The second-order valence-electron chi connectivity index (χ2n) is 3.06. The predicted molar refractivity (Wildman–Crippen MR) is 51.2 cm³/mol. The van der Waals surface area contributed by atoms with E-state index in [1.54, 1.807) is 17.1 Å². The molecule has 1 aromatic heterocycles. The monoisotopic (exact) mass is 184 g/mol. The first-order valence-electron chi connectivity index (χ1n) is 4.29. The van der Waals surface area contributed by atoms with Gasteiger partial charge in [0.25, 0.3) is 0 Å². The zero-order valence-corrected chi connectivity index (χ0v) is 7.85. The molecule has 3 N–H and O–H groups in total. The summed E-state index contributed by atoms with van der Waals surface area (Å²) in [7, 11) is 1.96. The molecule has 0 saturated heterocycles. The summed E-state index contributed by atoms with van der Waals surface area (Å²) in [5, 5.41) is 12.7. The Balaban J connectivity index is 2.26. The van der Waals surface area contributed by atoms with Crippen molar-refractivity contribution in [2.24, 2.45) is 0 Å². The average molecular weight is 184 g/mol. The molecule has 0 aromatic carbocycles. The number of nitrogens with zero attached hydrogens (tertiary/aromatic N) is 3. The second-order valence-corrected chi connectivity index (χ2v) is 3.06. The quantitative estimate of drug-likeness (QED) is 0.640. The van der Waals surface area contributed by atoms with Crippen LogP contribution in [0.15, 0.2) is 12.4 Å². The molecule has 1 aromatic rings. The molecule has 5 heteroatoms. The van der Waals surface area contributed by atoms with Crippen molar-refractivity contribution >= 4 is 5.69 Å². The molecular formula is C8H16N4O. The maximum absolute atomic E-state index is 8.65. The van der Waals surface area contributed by atoms with Crippen molar-refractivity contribution < 1.29 is 5.11 Å². The van der Waals surface area contributed by atoms with Gasteiger partial charge in [-0.05, 0) is 7.05 Å². The summed E-state index contributed by atoms with van der Waals surface area (Å²) in [6.45, 7) is 2.55. The summed E-state index contributed by atoms with van der Waals surface area (Å²) in [5.41, 5.74) is 6.19. The number of likely N-dealkylation sites (N-methyl/N-ethyl adjacent to an activating group) is 1. The van der Waals surface area contributed by atoms with E-state index in [2.05, 4.69) is 5.10 Å². The van der Waals surface area contributed by atoms with Gasteiger partial charge in [0.05, 0.1) is 25.0 Å². The van der Waals surface area contributed by atoms with Crippen molar-refractivity contribution in [3.63, 3.8) is 0 Å². The van der Waals surface area contributed by atoms with Crippen molar-refractivity contribution in [3.8, 4) is 0 Å². The fraction of sp³-hybridized carbons (Fsp3) is 0.625. The minimum Gasteiger partial charge on any atom is -0.396 e. The summed E-state index contributed by atoms with van der Waals surface area (Å²) in [5.74, 6) is 0. The van der Waals surface area contributed by atoms with Crippen molar-refractivity contribution in [1.29, 1.82) is 0 Å². The van der Waals surface area contributed by atoms with Gasteiger partial charge in [-0.25, -0.2) is 0 Å². The standard InChI is InChI=1S/C8H16N4O/c1-11(4-5-13)2-3-12-7-8(9)6-10-12/h6-7,13H,2-5,9H2,1H3. The van der Waals surface area contributed by atoms with Crippen LogP contribution < -0.4 is 5.73 Å². The molecule has 0 atom stereocenters. The van der Waals surface area contributed by atoms with Gasteiger partial charge < -0.3 is 15.7 Å². The number of aliphatic hydroxyl groups excluding tert-OH is 1. The molecule has 5 nitrogen and oxygen atoms in total. The van der Waals surface area contributed by atoms with E-state index in [1.165, 1.54) is 0 Å². The first-order valence-corrected chi connectivity index (χ1v) is 4.29. The molecule has 0 bridgehead atoms. The molecule has 0 saturated carbocycles. The largest absolute Gasteiger partial charge is 0.396 e. The third-order valence-corrected chi connectivity index (χ3v) is 1.85. The summed E-state index contributed by atoms with van der Waals surface area (Å²) in [4.78, 5) is 2.04. The van der Waals surface area contributed by atoms with Gasteiger partial charge in [-0.2, -0.15) is 5.10 Å². The van der Waals surface area contributed by atoms with Crippen LogP contribution in [0.1, 0.15) is 0 Å². The highest BCUT2D eigenvalue weighted by atomic mass is 16.3. The lowest BCUT2D eigenvalue weighted by molar-refractivity contribution is 0.215.